The highest BCUT2D eigenvalue weighted by Crippen LogP contribution is 2.42. The third-order valence-electron chi connectivity index (χ3n) is 4.51. The second-order valence-electron chi connectivity index (χ2n) is 6.84. The lowest BCUT2D eigenvalue weighted by molar-refractivity contribution is 0.217. The van der Waals surface area contributed by atoms with Gasteiger partial charge in [-0.15, -0.1) is 0 Å². The van der Waals surface area contributed by atoms with Gasteiger partial charge < -0.3 is 5.32 Å². The maximum absolute atomic E-state index is 13.2. The van der Waals surface area contributed by atoms with E-state index in [2.05, 4.69) is 31.1 Å². The van der Waals surface area contributed by atoms with Gasteiger partial charge in [0.05, 0.1) is 6.20 Å². The summed E-state index contributed by atoms with van der Waals surface area (Å²) in [6.45, 7) is 7.73. The van der Waals surface area contributed by atoms with E-state index in [1.165, 1.54) is 38.3 Å². The molecule has 0 amide bonds. The Balaban J connectivity index is 1.95. The van der Waals surface area contributed by atoms with Gasteiger partial charge in [0.25, 0.3) is 0 Å². The predicted molar refractivity (Wildman–Crippen MR) is 81.0 cm³/mol. The molecule has 3 heteroatoms. The Hall–Kier alpha value is -0.960. The third kappa shape index (κ3) is 4.02. The van der Waals surface area contributed by atoms with E-state index < -0.39 is 0 Å². The Kier molecular flexibility index (Phi) is 5.14. The van der Waals surface area contributed by atoms with E-state index in [-0.39, 0.29) is 11.9 Å². The summed E-state index contributed by atoms with van der Waals surface area (Å²) in [5.41, 5.74) is 1.38. The molecule has 20 heavy (non-hydrogen) atoms. The van der Waals surface area contributed by atoms with Crippen LogP contribution in [0.1, 0.15) is 64.5 Å². The molecule has 0 aromatic carbocycles. The molecule has 1 heterocycles. The average Bonchev–Trinajstić information content (AvgIpc) is 2.84. The van der Waals surface area contributed by atoms with Gasteiger partial charge in [-0.1, -0.05) is 26.7 Å². The van der Waals surface area contributed by atoms with E-state index in [4.69, 9.17) is 0 Å². The molecule has 1 aliphatic carbocycles. The van der Waals surface area contributed by atoms with E-state index in [1.807, 2.05) is 0 Å². The number of pyridine rings is 1. The number of halogens is 1. The molecule has 112 valence electrons. The Labute approximate surface area is 122 Å². The zero-order valence-corrected chi connectivity index (χ0v) is 13.0. The van der Waals surface area contributed by atoms with Crippen LogP contribution in [0.2, 0.25) is 0 Å². The normalized spacial score (nSPS) is 19.4. The molecular formula is C17H27FN2. The van der Waals surface area contributed by atoms with Crippen molar-refractivity contribution in [1.29, 1.82) is 0 Å². The summed E-state index contributed by atoms with van der Waals surface area (Å²) in [6, 6.07) is 1.73. The number of hydrogen-bond acceptors (Lipinski definition) is 2. The fourth-order valence-electron chi connectivity index (χ4n) is 3.60. The van der Waals surface area contributed by atoms with Crippen LogP contribution in [0, 0.1) is 17.2 Å². The maximum Gasteiger partial charge on any atom is 0.141 e. The summed E-state index contributed by atoms with van der Waals surface area (Å²) in [5, 5.41) is 3.61. The van der Waals surface area contributed by atoms with E-state index in [9.17, 15) is 4.39 Å². The van der Waals surface area contributed by atoms with Gasteiger partial charge in [0.1, 0.15) is 5.82 Å². The van der Waals surface area contributed by atoms with Crippen LogP contribution < -0.4 is 5.32 Å². The fourth-order valence-corrected chi connectivity index (χ4v) is 3.60. The van der Waals surface area contributed by atoms with Crippen LogP contribution in [-0.4, -0.2) is 11.5 Å². The van der Waals surface area contributed by atoms with Gasteiger partial charge in [-0.3, -0.25) is 4.98 Å². The summed E-state index contributed by atoms with van der Waals surface area (Å²) in [7, 11) is 0. The van der Waals surface area contributed by atoms with Crippen molar-refractivity contribution in [3.05, 3.63) is 29.8 Å². The van der Waals surface area contributed by atoms with Crippen molar-refractivity contribution in [3.63, 3.8) is 0 Å². The number of nitrogens with one attached hydrogen (secondary N) is 1. The van der Waals surface area contributed by atoms with Gasteiger partial charge >= 0.3 is 0 Å². The molecular weight excluding hydrogens is 251 g/mol. The van der Waals surface area contributed by atoms with Crippen LogP contribution in [0.25, 0.3) is 0 Å². The first-order chi connectivity index (χ1) is 9.51. The summed E-state index contributed by atoms with van der Waals surface area (Å²) < 4.78 is 13.2. The molecule has 0 bridgehead atoms. The molecule has 1 fully saturated rings. The van der Waals surface area contributed by atoms with Gasteiger partial charge in [0, 0.05) is 18.8 Å². The van der Waals surface area contributed by atoms with Crippen molar-refractivity contribution in [2.75, 3.05) is 6.54 Å². The van der Waals surface area contributed by atoms with E-state index in [0.717, 1.165) is 18.0 Å². The molecule has 1 N–H and O–H groups in total. The smallest absolute Gasteiger partial charge is 0.141 e. The summed E-state index contributed by atoms with van der Waals surface area (Å²) >= 11 is 0. The van der Waals surface area contributed by atoms with Gasteiger partial charge in [-0.2, -0.15) is 0 Å². The standard InChI is InChI=1S/C17H27FN2/c1-13(2)9-17(6-4-5-7-17)12-20-14(3)15-8-16(18)11-19-10-15/h8,10-11,13-14,20H,4-7,9,12H2,1-3H3. The molecule has 0 spiro atoms. The van der Waals surface area contributed by atoms with Crippen molar-refractivity contribution >= 4 is 0 Å². The lowest BCUT2D eigenvalue weighted by atomic mass is 9.78. The molecule has 1 aromatic rings. The van der Waals surface area contributed by atoms with Crippen LogP contribution in [0.3, 0.4) is 0 Å². The average molecular weight is 278 g/mol. The van der Waals surface area contributed by atoms with Crippen LogP contribution in [0.4, 0.5) is 4.39 Å². The summed E-state index contributed by atoms with van der Waals surface area (Å²) in [5.74, 6) is 0.481. The number of rotatable bonds is 6. The van der Waals surface area contributed by atoms with Crippen LogP contribution in [-0.2, 0) is 0 Å². The molecule has 1 saturated carbocycles. The minimum Gasteiger partial charge on any atom is -0.310 e. The van der Waals surface area contributed by atoms with E-state index in [1.54, 1.807) is 12.3 Å². The van der Waals surface area contributed by atoms with Gasteiger partial charge in [0.15, 0.2) is 0 Å². The zero-order chi connectivity index (χ0) is 14.6. The highest BCUT2D eigenvalue weighted by Gasteiger charge is 2.34. The quantitative estimate of drug-likeness (QED) is 0.830. The Morgan fingerprint density at radius 3 is 2.55 bits per heavy atom. The Morgan fingerprint density at radius 1 is 1.25 bits per heavy atom. The first-order valence-electron chi connectivity index (χ1n) is 7.85. The predicted octanol–water partition coefficient (Wildman–Crippen LogP) is 4.48. The number of hydrogen-bond donors (Lipinski definition) is 1. The lowest BCUT2D eigenvalue weighted by Gasteiger charge is -2.32. The van der Waals surface area contributed by atoms with Gasteiger partial charge in [0.2, 0.25) is 0 Å². The van der Waals surface area contributed by atoms with Gasteiger partial charge in [-0.05, 0) is 49.1 Å². The van der Waals surface area contributed by atoms with E-state index >= 15 is 0 Å². The Bertz CT molecular complexity index is 425. The molecule has 1 aliphatic rings. The topological polar surface area (TPSA) is 24.9 Å². The molecule has 0 radical (unpaired) electrons. The first kappa shape index (κ1) is 15.4. The molecule has 1 atom stereocenters. The second kappa shape index (κ2) is 6.66. The highest BCUT2D eigenvalue weighted by molar-refractivity contribution is 5.14. The fraction of sp³-hybridized carbons (Fsp3) is 0.706. The van der Waals surface area contributed by atoms with Crippen LogP contribution >= 0.6 is 0 Å². The zero-order valence-electron chi connectivity index (χ0n) is 13.0. The van der Waals surface area contributed by atoms with Crippen LogP contribution in [0.15, 0.2) is 18.5 Å². The first-order valence-corrected chi connectivity index (χ1v) is 7.85. The Morgan fingerprint density at radius 2 is 1.95 bits per heavy atom. The number of aromatic nitrogens is 1. The van der Waals surface area contributed by atoms with Gasteiger partial charge in [-0.25, -0.2) is 4.39 Å². The summed E-state index contributed by atoms with van der Waals surface area (Å²) in [6.07, 6.45) is 9.65. The monoisotopic (exact) mass is 278 g/mol. The molecule has 1 aromatic heterocycles. The molecule has 0 saturated heterocycles. The van der Waals surface area contributed by atoms with Crippen molar-refractivity contribution in [3.8, 4) is 0 Å². The van der Waals surface area contributed by atoms with Crippen molar-refractivity contribution < 1.29 is 4.39 Å². The van der Waals surface area contributed by atoms with Crippen LogP contribution in [0.5, 0.6) is 0 Å². The SMILES string of the molecule is CC(C)CC1(CNC(C)c2cncc(F)c2)CCCC1. The highest BCUT2D eigenvalue weighted by atomic mass is 19.1. The largest absolute Gasteiger partial charge is 0.310 e. The minimum absolute atomic E-state index is 0.155. The lowest BCUT2D eigenvalue weighted by Crippen LogP contribution is -2.34. The van der Waals surface area contributed by atoms with Crippen molar-refractivity contribution in [1.82, 2.24) is 10.3 Å². The number of nitrogens with zero attached hydrogens (tertiary/aromatic N) is 1. The molecule has 2 nitrogen and oxygen atoms in total. The van der Waals surface area contributed by atoms with Crippen molar-refractivity contribution in [2.45, 2.75) is 58.9 Å². The molecule has 0 aliphatic heterocycles. The summed E-state index contributed by atoms with van der Waals surface area (Å²) in [4.78, 5) is 3.94. The minimum atomic E-state index is -0.256. The van der Waals surface area contributed by atoms with Crippen molar-refractivity contribution in [2.24, 2.45) is 11.3 Å². The van der Waals surface area contributed by atoms with E-state index in [0.29, 0.717) is 5.41 Å². The third-order valence-corrected chi connectivity index (χ3v) is 4.51. The maximum atomic E-state index is 13.2. The molecule has 2 rings (SSSR count). The molecule has 1 unspecified atom stereocenters. The second-order valence-corrected chi connectivity index (χ2v) is 6.84.